The fraction of sp³-hybridized carbons (Fsp3) is 0.444. The molecule has 1 aromatic carbocycles. The molecule has 1 heterocycles. The molecule has 7 heteroatoms. The van der Waals surface area contributed by atoms with Crippen molar-refractivity contribution in [2.45, 2.75) is 19.7 Å². The summed E-state index contributed by atoms with van der Waals surface area (Å²) in [6, 6.07) is 12.8. The SMILES string of the molecule is CC(C)(CO)CO[PH](=O)C(OCCOc1ccccc1)c1ccco1. The summed E-state index contributed by atoms with van der Waals surface area (Å²) >= 11 is 0. The van der Waals surface area contributed by atoms with Gasteiger partial charge in [-0.25, -0.2) is 0 Å². The number of hydrogen-bond acceptors (Lipinski definition) is 6. The summed E-state index contributed by atoms with van der Waals surface area (Å²) in [4.78, 5) is 0. The van der Waals surface area contributed by atoms with Gasteiger partial charge in [-0.15, -0.1) is 0 Å². The fourth-order valence-corrected chi connectivity index (χ4v) is 3.27. The third kappa shape index (κ3) is 6.67. The molecule has 1 aromatic heterocycles. The Labute approximate surface area is 148 Å². The van der Waals surface area contributed by atoms with E-state index >= 15 is 0 Å². The molecule has 6 nitrogen and oxygen atoms in total. The number of hydrogen-bond donors (Lipinski definition) is 1. The van der Waals surface area contributed by atoms with Gasteiger partial charge in [-0.3, -0.25) is 4.57 Å². The Morgan fingerprint density at radius 1 is 1.16 bits per heavy atom. The van der Waals surface area contributed by atoms with Crippen LogP contribution in [0.3, 0.4) is 0 Å². The van der Waals surface area contributed by atoms with E-state index in [4.69, 9.17) is 18.4 Å². The molecule has 1 N–H and O–H groups in total. The summed E-state index contributed by atoms with van der Waals surface area (Å²) in [6.45, 7) is 4.33. The monoisotopic (exact) mass is 368 g/mol. The summed E-state index contributed by atoms with van der Waals surface area (Å²) in [7, 11) is -2.57. The highest BCUT2D eigenvalue weighted by Gasteiger charge is 2.26. The topological polar surface area (TPSA) is 78.1 Å². The second-order valence-corrected chi connectivity index (χ2v) is 7.81. The molecule has 2 atom stereocenters. The van der Waals surface area contributed by atoms with Gasteiger partial charge in [0.05, 0.1) is 26.1 Å². The first-order valence-electron chi connectivity index (χ1n) is 8.12. The van der Waals surface area contributed by atoms with Crippen LogP contribution in [0.15, 0.2) is 53.1 Å². The highest BCUT2D eigenvalue weighted by atomic mass is 31.1. The summed E-state index contributed by atoms with van der Waals surface area (Å²) in [6.07, 6.45) is 1.50. The largest absolute Gasteiger partial charge is 0.491 e. The maximum absolute atomic E-state index is 12.5. The van der Waals surface area contributed by atoms with Crippen molar-refractivity contribution in [1.29, 1.82) is 0 Å². The second-order valence-electron chi connectivity index (χ2n) is 6.36. The molecule has 25 heavy (non-hydrogen) atoms. The Bertz CT molecular complexity index is 626. The van der Waals surface area contributed by atoms with Crippen molar-refractivity contribution in [3.8, 4) is 5.75 Å². The van der Waals surface area contributed by atoms with Crippen molar-refractivity contribution < 1.29 is 28.1 Å². The van der Waals surface area contributed by atoms with E-state index in [0.29, 0.717) is 12.4 Å². The zero-order valence-electron chi connectivity index (χ0n) is 14.5. The lowest BCUT2D eigenvalue weighted by Gasteiger charge is -2.23. The summed E-state index contributed by atoms with van der Waals surface area (Å²) in [5, 5.41) is 9.27. The molecule has 0 saturated heterocycles. The van der Waals surface area contributed by atoms with Gasteiger partial charge < -0.3 is 23.5 Å². The smallest absolute Gasteiger partial charge is 0.227 e. The molecule has 0 aliphatic heterocycles. The third-order valence-electron chi connectivity index (χ3n) is 3.43. The molecule has 138 valence electrons. The van der Waals surface area contributed by atoms with Crippen molar-refractivity contribution in [3.63, 3.8) is 0 Å². The summed E-state index contributed by atoms with van der Waals surface area (Å²) < 4.78 is 34.6. The maximum atomic E-state index is 12.5. The Kier molecular flexibility index (Phi) is 7.72. The fourth-order valence-electron chi connectivity index (χ4n) is 1.94. The average molecular weight is 368 g/mol. The van der Waals surface area contributed by atoms with Crippen molar-refractivity contribution in [3.05, 3.63) is 54.5 Å². The van der Waals surface area contributed by atoms with Gasteiger partial charge >= 0.3 is 0 Å². The molecule has 2 rings (SSSR count). The first-order valence-corrected chi connectivity index (χ1v) is 9.51. The summed E-state index contributed by atoms with van der Waals surface area (Å²) in [5.74, 6) is 0.411. The van der Waals surface area contributed by atoms with E-state index in [-0.39, 0.29) is 19.8 Å². The molecule has 2 unspecified atom stereocenters. The van der Waals surface area contributed by atoms with E-state index in [9.17, 15) is 9.67 Å². The maximum Gasteiger partial charge on any atom is 0.227 e. The predicted molar refractivity (Wildman–Crippen MR) is 95.2 cm³/mol. The zero-order valence-corrected chi connectivity index (χ0v) is 15.5. The van der Waals surface area contributed by atoms with E-state index in [1.807, 2.05) is 44.2 Å². The van der Waals surface area contributed by atoms with Gasteiger partial charge in [0.1, 0.15) is 18.1 Å². The predicted octanol–water partition coefficient (Wildman–Crippen LogP) is 3.88. The lowest BCUT2D eigenvalue weighted by molar-refractivity contribution is 0.0509. The highest BCUT2D eigenvalue weighted by molar-refractivity contribution is 7.39. The molecule has 0 aliphatic carbocycles. The lowest BCUT2D eigenvalue weighted by atomic mass is 9.97. The van der Waals surface area contributed by atoms with E-state index in [2.05, 4.69) is 0 Å². The zero-order chi connectivity index (χ0) is 18.1. The quantitative estimate of drug-likeness (QED) is 0.479. The standard InChI is InChI=1S/C18H25O6P/c1-18(2,13-19)14-24-25(20)17(16-9-6-10-22-16)23-12-11-21-15-7-4-3-5-8-15/h3-10,17,19,25H,11-14H2,1-2H3. The van der Waals surface area contributed by atoms with Crippen LogP contribution in [0.4, 0.5) is 0 Å². The van der Waals surface area contributed by atoms with Crippen LogP contribution in [-0.4, -0.2) is 31.5 Å². The van der Waals surface area contributed by atoms with Crippen molar-refractivity contribution in [1.82, 2.24) is 0 Å². The van der Waals surface area contributed by atoms with Crippen LogP contribution in [0.2, 0.25) is 0 Å². The second kappa shape index (κ2) is 9.78. The van der Waals surface area contributed by atoms with Crippen LogP contribution in [-0.2, 0) is 13.8 Å². The number of rotatable bonds is 11. The van der Waals surface area contributed by atoms with Crippen LogP contribution in [0.5, 0.6) is 5.75 Å². The number of ether oxygens (including phenoxy) is 2. The van der Waals surface area contributed by atoms with Crippen molar-refractivity contribution in [2.24, 2.45) is 5.41 Å². The normalized spacial score (nSPS) is 14.2. The number of para-hydroxylation sites is 1. The number of benzene rings is 1. The van der Waals surface area contributed by atoms with Crippen molar-refractivity contribution >= 4 is 8.03 Å². The first-order chi connectivity index (χ1) is 12.0. The van der Waals surface area contributed by atoms with Crippen LogP contribution in [0.1, 0.15) is 25.5 Å². The van der Waals surface area contributed by atoms with Gasteiger partial charge in [0, 0.05) is 5.41 Å². The molecule has 0 bridgehead atoms. The first kappa shape index (κ1) is 19.7. The number of furan rings is 1. The Balaban J connectivity index is 1.87. The van der Waals surface area contributed by atoms with E-state index in [1.165, 1.54) is 6.26 Å². The third-order valence-corrected chi connectivity index (χ3v) is 4.74. The van der Waals surface area contributed by atoms with E-state index in [1.54, 1.807) is 12.1 Å². The van der Waals surface area contributed by atoms with Crippen LogP contribution < -0.4 is 4.74 Å². The van der Waals surface area contributed by atoms with Crippen LogP contribution in [0, 0.1) is 5.41 Å². The average Bonchev–Trinajstić information content (AvgIpc) is 3.15. The molecule has 0 amide bonds. The lowest BCUT2D eigenvalue weighted by Crippen LogP contribution is -2.22. The molecule has 2 aromatic rings. The van der Waals surface area contributed by atoms with Gasteiger partial charge in [0.25, 0.3) is 0 Å². The molecular weight excluding hydrogens is 343 g/mol. The van der Waals surface area contributed by atoms with Gasteiger partial charge in [-0.2, -0.15) is 0 Å². The minimum atomic E-state index is -2.57. The van der Waals surface area contributed by atoms with Gasteiger partial charge in [0.15, 0.2) is 5.85 Å². The molecular formula is C18H25O6P. The van der Waals surface area contributed by atoms with Gasteiger partial charge in [-0.1, -0.05) is 32.0 Å². The minimum absolute atomic E-state index is 0.0562. The van der Waals surface area contributed by atoms with E-state index in [0.717, 1.165) is 5.75 Å². The van der Waals surface area contributed by atoms with Gasteiger partial charge in [0.2, 0.25) is 8.03 Å². The molecule has 0 spiro atoms. The Morgan fingerprint density at radius 2 is 1.92 bits per heavy atom. The minimum Gasteiger partial charge on any atom is -0.491 e. The van der Waals surface area contributed by atoms with E-state index < -0.39 is 19.3 Å². The molecule has 0 aliphatic rings. The van der Waals surface area contributed by atoms with Gasteiger partial charge in [-0.05, 0) is 24.3 Å². The molecule has 0 radical (unpaired) electrons. The number of aliphatic hydroxyl groups is 1. The molecule has 0 fully saturated rings. The molecule has 0 saturated carbocycles. The summed E-state index contributed by atoms with van der Waals surface area (Å²) in [5.41, 5.74) is -0.468. The Hall–Kier alpha value is -1.59. The highest BCUT2D eigenvalue weighted by Crippen LogP contribution is 2.44. The van der Waals surface area contributed by atoms with Crippen LogP contribution in [0.25, 0.3) is 0 Å². The van der Waals surface area contributed by atoms with Crippen LogP contribution >= 0.6 is 8.03 Å². The van der Waals surface area contributed by atoms with Crippen molar-refractivity contribution in [2.75, 3.05) is 26.4 Å². The number of aliphatic hydroxyl groups excluding tert-OH is 1. The Morgan fingerprint density at radius 3 is 2.56 bits per heavy atom.